The minimum Gasteiger partial charge on any atom is -0.497 e. The Morgan fingerprint density at radius 3 is 2.70 bits per heavy atom. The Balaban J connectivity index is 1.93. The summed E-state index contributed by atoms with van der Waals surface area (Å²) in [7, 11) is 1.65. The Morgan fingerprint density at radius 2 is 2.10 bits per heavy atom. The van der Waals surface area contributed by atoms with Crippen molar-refractivity contribution >= 4 is 23.0 Å². The number of guanidine groups is 1. The highest BCUT2D eigenvalue weighted by atomic mass is 32.1. The van der Waals surface area contributed by atoms with E-state index in [1.165, 1.54) is 0 Å². The summed E-state index contributed by atoms with van der Waals surface area (Å²) in [6, 6.07) is 7.90. The van der Waals surface area contributed by atoms with E-state index in [1.807, 2.05) is 36.1 Å². The lowest BCUT2D eigenvalue weighted by molar-refractivity contribution is 0.415. The van der Waals surface area contributed by atoms with E-state index in [0.717, 1.165) is 22.1 Å². The summed E-state index contributed by atoms with van der Waals surface area (Å²) < 4.78 is 5.18. The molecule has 1 aromatic carbocycles. The second-order valence-corrected chi connectivity index (χ2v) is 5.50. The molecule has 1 aliphatic rings. The van der Waals surface area contributed by atoms with Gasteiger partial charge in [-0.15, -0.1) is 11.3 Å². The van der Waals surface area contributed by atoms with Crippen LogP contribution in [0.5, 0.6) is 5.75 Å². The number of thiazole rings is 1. The second kappa shape index (κ2) is 5.13. The zero-order valence-corrected chi connectivity index (χ0v) is 12.2. The minimum atomic E-state index is 0.0853. The molecule has 6 heteroatoms. The minimum absolute atomic E-state index is 0.0853. The average molecular weight is 288 g/mol. The van der Waals surface area contributed by atoms with E-state index in [-0.39, 0.29) is 6.04 Å². The molecule has 0 aliphatic carbocycles. The van der Waals surface area contributed by atoms with Gasteiger partial charge in [-0.2, -0.15) is 0 Å². The Kier molecular flexibility index (Phi) is 3.31. The Labute approximate surface area is 121 Å². The number of nitrogens with two attached hydrogens (primary N) is 1. The van der Waals surface area contributed by atoms with E-state index in [1.54, 1.807) is 18.4 Å². The highest BCUT2D eigenvalue weighted by Crippen LogP contribution is 2.33. The first-order valence-electron chi connectivity index (χ1n) is 6.34. The van der Waals surface area contributed by atoms with Crippen molar-refractivity contribution in [3.05, 3.63) is 40.3 Å². The van der Waals surface area contributed by atoms with E-state index < -0.39 is 0 Å². The highest BCUT2D eigenvalue weighted by molar-refractivity contribution is 7.09. The second-order valence-electron chi connectivity index (χ2n) is 4.61. The molecule has 1 aliphatic heterocycles. The molecule has 0 bridgehead atoms. The third kappa shape index (κ3) is 2.22. The summed E-state index contributed by atoms with van der Waals surface area (Å²) >= 11 is 1.65. The maximum atomic E-state index is 6.04. The first-order chi connectivity index (χ1) is 9.69. The standard InChI is InChI=1S/C14H16N4OS/c1-9-8-20-13(17-9)12-7-16-14(15)18(12)10-3-5-11(19-2)6-4-10/h3-6,8,12H,7H2,1-2H3,(H2,15,16). The number of anilines is 1. The molecule has 2 aromatic rings. The van der Waals surface area contributed by atoms with Gasteiger partial charge in [-0.05, 0) is 31.2 Å². The quantitative estimate of drug-likeness (QED) is 0.941. The lowest BCUT2D eigenvalue weighted by Gasteiger charge is -2.24. The third-order valence-electron chi connectivity index (χ3n) is 3.26. The first kappa shape index (κ1) is 12.9. The molecule has 20 heavy (non-hydrogen) atoms. The molecule has 1 aromatic heterocycles. The normalized spacial score (nSPS) is 18.2. The molecule has 0 saturated heterocycles. The van der Waals surface area contributed by atoms with Crippen molar-refractivity contribution in [2.75, 3.05) is 18.6 Å². The molecular formula is C14H16N4OS. The molecule has 0 spiro atoms. The zero-order valence-electron chi connectivity index (χ0n) is 11.4. The van der Waals surface area contributed by atoms with E-state index in [9.17, 15) is 0 Å². The number of hydrogen-bond acceptors (Lipinski definition) is 6. The number of nitrogens with zero attached hydrogens (tertiary/aromatic N) is 3. The fourth-order valence-electron chi connectivity index (χ4n) is 2.27. The number of aromatic nitrogens is 1. The van der Waals surface area contributed by atoms with Crippen LogP contribution < -0.4 is 15.4 Å². The van der Waals surface area contributed by atoms with Gasteiger partial charge in [0.15, 0.2) is 5.96 Å². The summed E-state index contributed by atoms with van der Waals surface area (Å²) in [6.07, 6.45) is 0. The summed E-state index contributed by atoms with van der Waals surface area (Å²) in [5, 5.41) is 3.10. The van der Waals surface area contributed by atoms with Gasteiger partial charge in [-0.3, -0.25) is 4.99 Å². The number of hydrogen-bond donors (Lipinski definition) is 1. The molecule has 0 radical (unpaired) electrons. The van der Waals surface area contributed by atoms with Gasteiger partial charge in [0.05, 0.1) is 13.7 Å². The van der Waals surface area contributed by atoms with Gasteiger partial charge in [0, 0.05) is 16.8 Å². The van der Waals surface area contributed by atoms with E-state index in [4.69, 9.17) is 10.5 Å². The molecule has 2 heterocycles. The summed E-state index contributed by atoms with van der Waals surface area (Å²) in [6.45, 7) is 2.64. The van der Waals surface area contributed by atoms with Gasteiger partial charge >= 0.3 is 0 Å². The van der Waals surface area contributed by atoms with Crippen LogP contribution in [0.1, 0.15) is 16.7 Å². The molecule has 0 amide bonds. The van der Waals surface area contributed by atoms with Crippen LogP contribution in [-0.4, -0.2) is 24.6 Å². The van der Waals surface area contributed by atoms with Crippen molar-refractivity contribution in [3.63, 3.8) is 0 Å². The van der Waals surface area contributed by atoms with E-state index in [2.05, 4.69) is 15.4 Å². The van der Waals surface area contributed by atoms with Gasteiger partial charge in [0.1, 0.15) is 16.8 Å². The summed E-state index contributed by atoms with van der Waals surface area (Å²) in [4.78, 5) is 10.9. The molecule has 1 unspecified atom stereocenters. The van der Waals surface area contributed by atoms with Gasteiger partial charge < -0.3 is 15.4 Å². The lowest BCUT2D eigenvalue weighted by Crippen LogP contribution is -2.36. The number of aliphatic imine (C=N–C) groups is 1. The smallest absolute Gasteiger partial charge is 0.196 e. The van der Waals surface area contributed by atoms with E-state index >= 15 is 0 Å². The molecule has 5 nitrogen and oxygen atoms in total. The number of ether oxygens (including phenoxy) is 1. The van der Waals surface area contributed by atoms with Crippen LogP contribution in [0.25, 0.3) is 0 Å². The Hall–Kier alpha value is -2.08. The monoisotopic (exact) mass is 288 g/mol. The molecule has 3 rings (SSSR count). The van der Waals surface area contributed by atoms with Crippen molar-refractivity contribution < 1.29 is 4.74 Å². The molecule has 104 valence electrons. The summed E-state index contributed by atoms with van der Waals surface area (Å²) in [5.74, 6) is 1.36. The Morgan fingerprint density at radius 1 is 1.35 bits per heavy atom. The van der Waals surface area contributed by atoms with E-state index in [0.29, 0.717) is 12.5 Å². The highest BCUT2D eigenvalue weighted by Gasteiger charge is 2.30. The predicted octanol–water partition coefficient (Wildman–Crippen LogP) is 2.34. The summed E-state index contributed by atoms with van der Waals surface area (Å²) in [5.41, 5.74) is 8.07. The predicted molar refractivity (Wildman–Crippen MR) is 81.6 cm³/mol. The van der Waals surface area contributed by atoms with Crippen LogP contribution in [0.4, 0.5) is 5.69 Å². The SMILES string of the molecule is COc1ccc(N2C(N)=NCC2c2nc(C)cs2)cc1. The molecule has 0 fully saturated rings. The van der Waals surface area contributed by atoms with Crippen LogP contribution in [0, 0.1) is 6.92 Å². The maximum Gasteiger partial charge on any atom is 0.196 e. The number of methoxy groups -OCH3 is 1. The van der Waals surface area contributed by atoms with Crippen molar-refractivity contribution in [2.45, 2.75) is 13.0 Å². The third-order valence-corrected chi connectivity index (χ3v) is 4.32. The number of aryl methyl sites for hydroxylation is 1. The molecule has 1 atom stereocenters. The molecule has 0 saturated carbocycles. The van der Waals surface area contributed by atoms with Gasteiger partial charge in [0.2, 0.25) is 0 Å². The van der Waals surface area contributed by atoms with Crippen LogP contribution in [0.2, 0.25) is 0 Å². The van der Waals surface area contributed by atoms with Crippen molar-refractivity contribution in [1.82, 2.24) is 4.98 Å². The van der Waals surface area contributed by atoms with Crippen LogP contribution in [0.15, 0.2) is 34.6 Å². The average Bonchev–Trinajstić information content (AvgIpc) is 3.05. The fourth-order valence-corrected chi connectivity index (χ4v) is 3.14. The van der Waals surface area contributed by atoms with Crippen LogP contribution in [-0.2, 0) is 0 Å². The first-order valence-corrected chi connectivity index (χ1v) is 7.22. The van der Waals surface area contributed by atoms with Crippen LogP contribution in [0.3, 0.4) is 0 Å². The lowest BCUT2D eigenvalue weighted by atomic mass is 10.2. The van der Waals surface area contributed by atoms with Gasteiger partial charge in [-0.25, -0.2) is 4.98 Å². The van der Waals surface area contributed by atoms with Crippen molar-refractivity contribution in [1.29, 1.82) is 0 Å². The molecule has 2 N–H and O–H groups in total. The maximum absolute atomic E-state index is 6.04. The van der Waals surface area contributed by atoms with Crippen LogP contribution >= 0.6 is 11.3 Å². The number of benzene rings is 1. The molecular weight excluding hydrogens is 272 g/mol. The van der Waals surface area contributed by atoms with Gasteiger partial charge in [-0.1, -0.05) is 0 Å². The van der Waals surface area contributed by atoms with Crippen molar-refractivity contribution in [2.24, 2.45) is 10.7 Å². The Bertz CT molecular complexity index is 635. The fraction of sp³-hybridized carbons (Fsp3) is 0.286. The van der Waals surface area contributed by atoms with Crippen molar-refractivity contribution in [3.8, 4) is 5.75 Å². The topological polar surface area (TPSA) is 63.7 Å². The van der Waals surface area contributed by atoms with Gasteiger partial charge in [0.25, 0.3) is 0 Å². The zero-order chi connectivity index (χ0) is 14.1. The largest absolute Gasteiger partial charge is 0.497 e. The number of rotatable bonds is 3.